The Bertz CT molecular complexity index is 393. The summed E-state index contributed by atoms with van der Waals surface area (Å²) in [6.45, 7) is 0. The van der Waals surface area contributed by atoms with Crippen LogP contribution in [0.1, 0.15) is 30.5 Å². The van der Waals surface area contributed by atoms with E-state index in [1.54, 1.807) is 0 Å². The molecule has 1 heterocycles. The summed E-state index contributed by atoms with van der Waals surface area (Å²) >= 11 is 0. The van der Waals surface area contributed by atoms with E-state index in [9.17, 15) is 18.3 Å². The van der Waals surface area contributed by atoms with E-state index in [1.165, 1.54) is 13.2 Å². The van der Waals surface area contributed by atoms with Crippen LogP contribution in [-0.4, -0.2) is 20.5 Å². The first-order chi connectivity index (χ1) is 7.30. The zero-order valence-corrected chi connectivity index (χ0v) is 8.88. The van der Waals surface area contributed by atoms with Crippen molar-refractivity contribution >= 4 is 0 Å². The molecule has 1 N–H and O–H groups in total. The fourth-order valence-corrected chi connectivity index (χ4v) is 1.72. The second-order valence-corrected chi connectivity index (χ2v) is 4.40. The van der Waals surface area contributed by atoms with Crippen LogP contribution in [0.5, 0.6) is 0 Å². The maximum absolute atomic E-state index is 12.6. The number of halogens is 3. The van der Waals surface area contributed by atoms with Crippen LogP contribution >= 0.6 is 0 Å². The third-order valence-electron chi connectivity index (χ3n) is 2.86. The van der Waals surface area contributed by atoms with Crippen molar-refractivity contribution in [2.45, 2.75) is 37.5 Å². The van der Waals surface area contributed by atoms with Crippen molar-refractivity contribution in [3.8, 4) is 0 Å². The summed E-state index contributed by atoms with van der Waals surface area (Å²) in [5, 5.41) is 13.0. The molecule has 16 heavy (non-hydrogen) atoms. The van der Waals surface area contributed by atoms with Gasteiger partial charge in [0.2, 0.25) is 0 Å². The Hall–Kier alpha value is -1.04. The number of aromatic nitrogens is 2. The predicted molar refractivity (Wildman–Crippen MR) is 50.7 cm³/mol. The molecule has 0 aromatic carbocycles. The molecule has 0 spiro atoms. The van der Waals surface area contributed by atoms with E-state index in [0.717, 1.165) is 4.68 Å². The third kappa shape index (κ3) is 2.37. The van der Waals surface area contributed by atoms with E-state index in [1.807, 2.05) is 0 Å². The summed E-state index contributed by atoms with van der Waals surface area (Å²) in [6, 6.07) is 0. The van der Waals surface area contributed by atoms with Crippen LogP contribution in [0.2, 0.25) is 0 Å². The van der Waals surface area contributed by atoms with Crippen molar-refractivity contribution in [1.29, 1.82) is 0 Å². The van der Waals surface area contributed by atoms with Crippen LogP contribution in [-0.2, 0) is 19.6 Å². The molecule has 1 fully saturated rings. The number of rotatable bonds is 3. The normalized spacial score (nSPS) is 18.8. The standard InChI is InChI=1S/C10H13F3N2O/c1-15-6-7(2-3-9(16)4-5-9)8(14-15)10(11,12)13/h6,16H,2-5H2,1H3. The fraction of sp³-hybridized carbons (Fsp3) is 0.700. The van der Waals surface area contributed by atoms with E-state index in [-0.39, 0.29) is 12.0 Å². The van der Waals surface area contributed by atoms with Gasteiger partial charge in [-0.15, -0.1) is 0 Å². The Balaban J connectivity index is 2.13. The van der Waals surface area contributed by atoms with Crippen molar-refractivity contribution in [2.24, 2.45) is 7.05 Å². The molecule has 0 atom stereocenters. The van der Waals surface area contributed by atoms with Crippen LogP contribution < -0.4 is 0 Å². The summed E-state index contributed by atoms with van der Waals surface area (Å²) < 4.78 is 38.8. The summed E-state index contributed by atoms with van der Waals surface area (Å²) in [7, 11) is 1.46. The van der Waals surface area contributed by atoms with Crippen LogP contribution in [0.3, 0.4) is 0 Å². The molecule has 0 bridgehead atoms. The highest BCUT2D eigenvalue weighted by atomic mass is 19.4. The number of hydrogen-bond donors (Lipinski definition) is 1. The average molecular weight is 234 g/mol. The molecule has 90 valence electrons. The monoisotopic (exact) mass is 234 g/mol. The summed E-state index contributed by atoms with van der Waals surface area (Å²) in [4.78, 5) is 0. The van der Waals surface area contributed by atoms with E-state index >= 15 is 0 Å². The summed E-state index contributed by atoms with van der Waals surface area (Å²) in [5.74, 6) is 0. The molecule has 1 aromatic rings. The molecule has 1 saturated carbocycles. The van der Waals surface area contributed by atoms with Gasteiger partial charge in [0.15, 0.2) is 5.69 Å². The highest BCUT2D eigenvalue weighted by molar-refractivity contribution is 5.21. The van der Waals surface area contributed by atoms with Gasteiger partial charge in [-0.3, -0.25) is 4.68 Å². The zero-order chi connectivity index (χ0) is 12.0. The molecule has 1 aromatic heterocycles. The fourth-order valence-electron chi connectivity index (χ4n) is 1.72. The van der Waals surface area contributed by atoms with Crippen molar-refractivity contribution < 1.29 is 18.3 Å². The number of hydrogen-bond acceptors (Lipinski definition) is 2. The minimum Gasteiger partial charge on any atom is -0.390 e. The number of aryl methyl sites for hydroxylation is 2. The van der Waals surface area contributed by atoms with Crippen molar-refractivity contribution in [1.82, 2.24) is 9.78 Å². The number of alkyl halides is 3. The molecule has 0 amide bonds. The van der Waals surface area contributed by atoms with Gasteiger partial charge >= 0.3 is 6.18 Å². The minimum absolute atomic E-state index is 0.162. The lowest BCUT2D eigenvalue weighted by Crippen LogP contribution is -2.12. The maximum Gasteiger partial charge on any atom is 0.435 e. The second kappa shape index (κ2) is 3.48. The van der Waals surface area contributed by atoms with E-state index in [2.05, 4.69) is 5.10 Å². The van der Waals surface area contributed by atoms with Gasteiger partial charge in [0.1, 0.15) is 0 Å². The Morgan fingerprint density at radius 3 is 2.62 bits per heavy atom. The molecular weight excluding hydrogens is 221 g/mol. The lowest BCUT2D eigenvalue weighted by molar-refractivity contribution is -0.142. The molecule has 0 unspecified atom stereocenters. The maximum atomic E-state index is 12.6. The summed E-state index contributed by atoms with van der Waals surface area (Å²) in [5.41, 5.74) is -1.40. The molecule has 1 aliphatic carbocycles. The van der Waals surface area contributed by atoms with Gasteiger partial charge < -0.3 is 5.11 Å². The van der Waals surface area contributed by atoms with Crippen molar-refractivity contribution in [3.05, 3.63) is 17.5 Å². The molecule has 2 rings (SSSR count). The lowest BCUT2D eigenvalue weighted by Gasteiger charge is -2.08. The summed E-state index contributed by atoms with van der Waals surface area (Å²) in [6.07, 6.45) is -1.07. The average Bonchev–Trinajstić information content (AvgIpc) is 2.73. The van der Waals surface area contributed by atoms with Gasteiger partial charge in [-0.2, -0.15) is 18.3 Å². The van der Waals surface area contributed by atoms with Gasteiger partial charge in [-0.1, -0.05) is 0 Å². The number of nitrogens with zero attached hydrogens (tertiary/aromatic N) is 2. The Kier molecular flexibility index (Phi) is 2.49. The molecule has 0 radical (unpaired) electrons. The molecule has 0 saturated heterocycles. The second-order valence-electron chi connectivity index (χ2n) is 4.40. The SMILES string of the molecule is Cn1cc(CCC2(O)CC2)c(C(F)(F)F)n1. The van der Waals surface area contributed by atoms with Crippen LogP contribution in [0, 0.1) is 0 Å². The molecule has 0 aliphatic heterocycles. The Morgan fingerprint density at radius 1 is 1.50 bits per heavy atom. The van der Waals surface area contributed by atoms with Crippen molar-refractivity contribution in [2.75, 3.05) is 0 Å². The van der Waals surface area contributed by atoms with Gasteiger partial charge in [-0.25, -0.2) is 0 Å². The first-order valence-electron chi connectivity index (χ1n) is 5.12. The minimum atomic E-state index is -4.41. The van der Waals surface area contributed by atoms with Crippen LogP contribution in [0.25, 0.3) is 0 Å². The first-order valence-corrected chi connectivity index (χ1v) is 5.12. The third-order valence-corrected chi connectivity index (χ3v) is 2.86. The van der Waals surface area contributed by atoms with E-state index in [4.69, 9.17) is 0 Å². The molecule has 1 aliphatic rings. The van der Waals surface area contributed by atoms with Gasteiger partial charge in [0.05, 0.1) is 5.60 Å². The van der Waals surface area contributed by atoms with E-state index in [0.29, 0.717) is 19.3 Å². The highest BCUT2D eigenvalue weighted by Crippen LogP contribution is 2.40. The predicted octanol–water partition coefficient (Wildman–Crippen LogP) is 1.90. The zero-order valence-electron chi connectivity index (χ0n) is 8.88. The van der Waals surface area contributed by atoms with Gasteiger partial charge in [0, 0.05) is 18.8 Å². The smallest absolute Gasteiger partial charge is 0.390 e. The van der Waals surface area contributed by atoms with E-state index < -0.39 is 17.5 Å². The highest BCUT2D eigenvalue weighted by Gasteiger charge is 2.41. The van der Waals surface area contributed by atoms with Crippen molar-refractivity contribution in [3.63, 3.8) is 0 Å². The quantitative estimate of drug-likeness (QED) is 0.867. The molecule has 6 heteroatoms. The van der Waals surface area contributed by atoms with Crippen LogP contribution in [0.4, 0.5) is 13.2 Å². The topological polar surface area (TPSA) is 38.0 Å². The lowest BCUT2D eigenvalue weighted by atomic mass is 10.1. The molecular formula is C10H13F3N2O. The number of aliphatic hydroxyl groups is 1. The van der Waals surface area contributed by atoms with Crippen LogP contribution in [0.15, 0.2) is 6.20 Å². The first kappa shape index (κ1) is 11.4. The van der Waals surface area contributed by atoms with Gasteiger partial charge in [-0.05, 0) is 25.7 Å². The molecule has 3 nitrogen and oxygen atoms in total. The van der Waals surface area contributed by atoms with Gasteiger partial charge in [0.25, 0.3) is 0 Å². The Labute approximate surface area is 90.9 Å². The Morgan fingerprint density at radius 2 is 2.12 bits per heavy atom. The largest absolute Gasteiger partial charge is 0.435 e.